The first kappa shape index (κ1) is 22.5. The summed E-state index contributed by atoms with van der Waals surface area (Å²) >= 11 is 24.8. The topological polar surface area (TPSA) is 74.0 Å². The van der Waals surface area contributed by atoms with Gasteiger partial charge in [-0.05, 0) is 30.3 Å². The van der Waals surface area contributed by atoms with E-state index in [1.807, 2.05) is 0 Å². The molecule has 0 aliphatic rings. The number of nitrogens with one attached hydrogen (secondary N) is 1. The molecule has 0 spiro atoms. The van der Waals surface area contributed by atoms with E-state index in [2.05, 4.69) is 15.5 Å². The van der Waals surface area contributed by atoms with Gasteiger partial charge in [-0.25, -0.2) is 4.68 Å². The lowest BCUT2D eigenvalue weighted by Gasteiger charge is -2.10. The van der Waals surface area contributed by atoms with Crippen LogP contribution in [0.3, 0.4) is 0 Å². The molecule has 0 aliphatic heterocycles. The van der Waals surface area contributed by atoms with Crippen molar-refractivity contribution in [1.82, 2.24) is 19.6 Å². The number of nitrogens with zero attached hydrogens (tertiary/aromatic N) is 4. The van der Waals surface area contributed by atoms with Crippen molar-refractivity contribution in [2.45, 2.75) is 13.3 Å². The highest BCUT2D eigenvalue weighted by Gasteiger charge is 2.17. The number of para-hydroxylation sites is 1. The third kappa shape index (κ3) is 5.02. The molecular formula is C21H15Cl4N5O2. The number of hydrogen-bond acceptors (Lipinski definition) is 4. The molecule has 0 bridgehead atoms. The third-order valence-electron chi connectivity index (χ3n) is 4.46. The van der Waals surface area contributed by atoms with E-state index in [4.69, 9.17) is 51.1 Å². The average molecular weight is 511 g/mol. The predicted molar refractivity (Wildman–Crippen MR) is 125 cm³/mol. The van der Waals surface area contributed by atoms with Gasteiger partial charge in [0.2, 0.25) is 0 Å². The second-order valence-corrected chi connectivity index (χ2v) is 8.23. The Morgan fingerprint density at radius 2 is 1.66 bits per heavy atom. The molecule has 0 fully saturated rings. The zero-order valence-corrected chi connectivity index (χ0v) is 19.3. The van der Waals surface area contributed by atoms with Gasteiger partial charge in [0, 0.05) is 28.0 Å². The fourth-order valence-corrected chi connectivity index (χ4v) is 3.81. The number of anilines is 1. The molecule has 4 aromatic rings. The Morgan fingerprint density at radius 1 is 0.938 bits per heavy atom. The molecule has 0 radical (unpaired) electrons. The summed E-state index contributed by atoms with van der Waals surface area (Å²) in [6, 6.07) is 13.8. The lowest BCUT2D eigenvalue weighted by Crippen LogP contribution is -2.20. The number of amides is 1. The van der Waals surface area contributed by atoms with Gasteiger partial charge in [0.25, 0.3) is 5.91 Å². The van der Waals surface area contributed by atoms with Gasteiger partial charge in [-0.2, -0.15) is 10.2 Å². The highest BCUT2D eigenvalue weighted by molar-refractivity contribution is 6.36. The average Bonchev–Trinajstić information content (AvgIpc) is 3.37. The van der Waals surface area contributed by atoms with E-state index in [-0.39, 0.29) is 29.8 Å². The van der Waals surface area contributed by atoms with E-state index in [0.717, 1.165) is 0 Å². The monoisotopic (exact) mass is 509 g/mol. The molecule has 0 saturated carbocycles. The molecule has 164 valence electrons. The summed E-state index contributed by atoms with van der Waals surface area (Å²) in [5.74, 6) is 0.226. The number of rotatable bonds is 7. The fourth-order valence-electron chi connectivity index (χ4n) is 2.90. The first-order valence-corrected chi connectivity index (χ1v) is 10.8. The molecule has 4 rings (SSSR count). The maximum Gasteiger partial charge on any atom is 0.275 e. The SMILES string of the molecule is O=C(Nc1nn(Cc2c(Cl)cccc2Cl)cc1Cl)c1ccnn1COc1ccccc1Cl. The molecule has 2 aromatic heterocycles. The van der Waals surface area contributed by atoms with Crippen molar-refractivity contribution < 1.29 is 9.53 Å². The summed E-state index contributed by atoms with van der Waals surface area (Å²) in [4.78, 5) is 12.8. The Bertz CT molecular complexity index is 1250. The molecule has 1 amide bonds. The molecular weight excluding hydrogens is 496 g/mol. The zero-order chi connectivity index (χ0) is 22.7. The lowest BCUT2D eigenvalue weighted by molar-refractivity contribution is 0.100. The number of halogens is 4. The minimum atomic E-state index is -0.451. The molecule has 2 heterocycles. The van der Waals surface area contributed by atoms with Crippen LogP contribution in [0.15, 0.2) is 60.9 Å². The number of hydrogen-bond donors (Lipinski definition) is 1. The Hall–Kier alpha value is -2.71. The largest absolute Gasteiger partial charge is 0.470 e. The summed E-state index contributed by atoms with van der Waals surface area (Å²) in [6.45, 7) is 0.282. The summed E-state index contributed by atoms with van der Waals surface area (Å²) in [5.41, 5.74) is 0.958. The maximum absolute atomic E-state index is 12.8. The van der Waals surface area contributed by atoms with Crippen LogP contribution in [-0.2, 0) is 13.3 Å². The van der Waals surface area contributed by atoms with Crippen LogP contribution >= 0.6 is 46.4 Å². The van der Waals surface area contributed by atoms with Gasteiger partial charge < -0.3 is 10.1 Å². The Balaban J connectivity index is 1.46. The van der Waals surface area contributed by atoms with Crippen LogP contribution in [-0.4, -0.2) is 25.5 Å². The predicted octanol–water partition coefficient (Wildman–Crippen LogP) is 6.03. The highest BCUT2D eigenvalue weighted by Crippen LogP contribution is 2.27. The highest BCUT2D eigenvalue weighted by atomic mass is 35.5. The first-order chi connectivity index (χ1) is 15.4. The summed E-state index contributed by atoms with van der Waals surface area (Å²) < 4.78 is 8.60. The molecule has 1 N–H and O–H groups in total. The van der Waals surface area contributed by atoms with Gasteiger partial charge in [0.05, 0.1) is 11.6 Å². The molecule has 7 nitrogen and oxygen atoms in total. The molecule has 0 atom stereocenters. The Labute approximate surface area is 203 Å². The number of ether oxygens (including phenoxy) is 1. The van der Waals surface area contributed by atoms with Gasteiger partial charge in [-0.1, -0.05) is 64.6 Å². The number of aromatic nitrogens is 4. The number of carbonyl (C=O) groups is 1. The number of benzene rings is 2. The normalized spacial score (nSPS) is 10.9. The van der Waals surface area contributed by atoms with Crippen LogP contribution < -0.4 is 10.1 Å². The van der Waals surface area contributed by atoms with Crippen molar-refractivity contribution in [3.05, 3.63) is 92.3 Å². The van der Waals surface area contributed by atoms with Crippen molar-refractivity contribution >= 4 is 58.1 Å². The van der Waals surface area contributed by atoms with Crippen LogP contribution in [0.2, 0.25) is 20.1 Å². The Kier molecular flexibility index (Phi) is 6.91. The van der Waals surface area contributed by atoms with E-state index in [0.29, 0.717) is 26.4 Å². The Morgan fingerprint density at radius 3 is 2.41 bits per heavy atom. The minimum absolute atomic E-state index is 0.00728. The van der Waals surface area contributed by atoms with Crippen molar-refractivity contribution in [2.75, 3.05) is 5.32 Å². The summed E-state index contributed by atoms with van der Waals surface area (Å²) in [5, 5.41) is 12.9. The second kappa shape index (κ2) is 9.83. The van der Waals surface area contributed by atoms with Gasteiger partial charge >= 0.3 is 0 Å². The smallest absolute Gasteiger partial charge is 0.275 e. The van der Waals surface area contributed by atoms with Crippen LogP contribution in [0.25, 0.3) is 0 Å². The van der Waals surface area contributed by atoms with Gasteiger partial charge in [0.1, 0.15) is 16.5 Å². The van der Waals surface area contributed by atoms with Gasteiger partial charge in [0.15, 0.2) is 12.5 Å². The van der Waals surface area contributed by atoms with Crippen molar-refractivity contribution in [3.63, 3.8) is 0 Å². The van der Waals surface area contributed by atoms with Gasteiger partial charge in [-0.15, -0.1) is 0 Å². The van der Waals surface area contributed by atoms with Crippen molar-refractivity contribution in [3.8, 4) is 5.75 Å². The van der Waals surface area contributed by atoms with E-state index < -0.39 is 5.91 Å². The first-order valence-electron chi connectivity index (χ1n) is 9.28. The molecule has 0 saturated heterocycles. The molecule has 0 aliphatic carbocycles. The third-order valence-corrected chi connectivity index (χ3v) is 5.76. The van der Waals surface area contributed by atoms with E-state index in [9.17, 15) is 4.79 Å². The zero-order valence-electron chi connectivity index (χ0n) is 16.3. The molecule has 2 aromatic carbocycles. The van der Waals surface area contributed by atoms with Crippen LogP contribution in [0.4, 0.5) is 5.82 Å². The van der Waals surface area contributed by atoms with Crippen LogP contribution in [0.1, 0.15) is 16.1 Å². The molecule has 0 unspecified atom stereocenters. The van der Waals surface area contributed by atoms with Crippen molar-refractivity contribution in [2.24, 2.45) is 0 Å². The standard InChI is InChI=1S/C21H15Cl4N5O2/c22-14-5-3-6-15(23)13(14)10-29-11-17(25)20(28-29)27-21(31)18-8-9-26-30(18)12-32-19-7-2-1-4-16(19)24/h1-9,11H,10,12H2,(H,27,28,31). The fraction of sp³-hybridized carbons (Fsp3) is 0.0952. The van der Waals surface area contributed by atoms with E-state index in [1.54, 1.807) is 59.4 Å². The van der Waals surface area contributed by atoms with E-state index in [1.165, 1.54) is 10.9 Å². The maximum atomic E-state index is 12.8. The molecule has 32 heavy (non-hydrogen) atoms. The minimum Gasteiger partial charge on any atom is -0.470 e. The quantitative estimate of drug-likeness (QED) is 0.329. The summed E-state index contributed by atoms with van der Waals surface area (Å²) in [6.07, 6.45) is 3.07. The molecule has 11 heteroatoms. The van der Waals surface area contributed by atoms with Crippen molar-refractivity contribution in [1.29, 1.82) is 0 Å². The van der Waals surface area contributed by atoms with E-state index >= 15 is 0 Å². The summed E-state index contributed by atoms with van der Waals surface area (Å²) in [7, 11) is 0. The van der Waals surface area contributed by atoms with Gasteiger partial charge in [-0.3, -0.25) is 9.48 Å². The van der Waals surface area contributed by atoms with Crippen LogP contribution in [0.5, 0.6) is 5.75 Å². The number of carbonyl (C=O) groups excluding carboxylic acids is 1. The second-order valence-electron chi connectivity index (χ2n) is 6.60. The van der Waals surface area contributed by atoms with Crippen LogP contribution in [0, 0.1) is 0 Å². The lowest BCUT2D eigenvalue weighted by atomic mass is 10.2.